The zero-order valence-electron chi connectivity index (χ0n) is 28.6. The van der Waals surface area contributed by atoms with Crippen LogP contribution in [0, 0.1) is 13.0 Å². The molecule has 51 heavy (non-hydrogen) atoms. The fourth-order valence-corrected chi connectivity index (χ4v) is 6.84. The molecule has 0 saturated heterocycles. The van der Waals surface area contributed by atoms with Crippen molar-refractivity contribution in [3.05, 3.63) is 181 Å². The molecule has 2 heterocycles. The molecule has 2 aromatic heterocycles. The molecule has 0 atom stereocenters. The topological polar surface area (TPSA) is 50.9 Å². The van der Waals surface area contributed by atoms with Crippen LogP contribution in [-0.4, -0.2) is 19.6 Å². The van der Waals surface area contributed by atoms with Crippen molar-refractivity contribution in [1.29, 1.82) is 0 Å². The number of nitrogens with zero attached hydrogens (tertiary/aromatic N) is 3. The summed E-state index contributed by atoms with van der Waals surface area (Å²) in [4.78, 5) is 10.1. The Balaban J connectivity index is 0.00000406. The van der Waals surface area contributed by atoms with Crippen LogP contribution in [0.4, 0.5) is 0 Å². The Hall–Kier alpha value is -5.57. The third-order valence-corrected chi connectivity index (χ3v) is 9.70. The summed E-state index contributed by atoms with van der Waals surface area (Å²) < 4.78 is 2.13. The van der Waals surface area contributed by atoms with Gasteiger partial charge in [-0.1, -0.05) is 128 Å². The van der Waals surface area contributed by atoms with Crippen LogP contribution in [0.3, 0.4) is 0 Å². The molecule has 0 radical (unpaired) electrons. The number of imidazole rings is 1. The summed E-state index contributed by atoms with van der Waals surface area (Å²) in [5, 5.41) is 11.7. The average Bonchev–Trinajstić information content (AvgIpc) is 3.55. The largest absolute Gasteiger partial charge is 0.507 e. The molecule has 8 aromatic rings. The molecular weight excluding hydrogens is 806 g/mol. The first-order valence-corrected chi connectivity index (χ1v) is 16.9. The SMILES string of the molecule is Cc1cnc(-c2[c-]c(-c3cccc4c3nc(-c3ccc(C(C)(C)c5ccccc5)cc3O)n4-c3ccccc3)ccc2)cc1-c1ccccc1.[Pt]. The summed E-state index contributed by atoms with van der Waals surface area (Å²) in [6.07, 6.45) is 1.94. The number of aromatic hydroxyl groups is 1. The molecule has 0 fully saturated rings. The first-order valence-electron chi connectivity index (χ1n) is 16.9. The second-order valence-corrected chi connectivity index (χ2v) is 13.2. The minimum atomic E-state index is -0.293. The van der Waals surface area contributed by atoms with Crippen LogP contribution in [0.1, 0.15) is 30.5 Å². The van der Waals surface area contributed by atoms with E-state index in [4.69, 9.17) is 9.97 Å². The maximum Gasteiger partial charge on any atom is 0.148 e. The van der Waals surface area contributed by atoms with Gasteiger partial charge in [-0.25, -0.2) is 4.98 Å². The van der Waals surface area contributed by atoms with E-state index in [1.54, 1.807) is 0 Å². The van der Waals surface area contributed by atoms with Crippen LogP contribution >= 0.6 is 0 Å². The van der Waals surface area contributed by atoms with E-state index in [0.717, 1.165) is 61.4 Å². The minimum Gasteiger partial charge on any atom is -0.507 e. The van der Waals surface area contributed by atoms with E-state index in [1.165, 1.54) is 5.56 Å². The molecule has 0 aliphatic rings. The van der Waals surface area contributed by atoms with Crippen molar-refractivity contribution in [2.24, 2.45) is 0 Å². The van der Waals surface area contributed by atoms with Gasteiger partial charge in [-0.2, -0.15) is 0 Å². The summed E-state index contributed by atoms with van der Waals surface area (Å²) >= 11 is 0. The first kappa shape index (κ1) is 33.9. The Labute approximate surface area is 313 Å². The molecule has 8 rings (SSSR count). The number of rotatable bonds is 7. The van der Waals surface area contributed by atoms with Crippen molar-refractivity contribution in [2.75, 3.05) is 0 Å². The van der Waals surface area contributed by atoms with E-state index in [1.807, 2.05) is 48.7 Å². The van der Waals surface area contributed by atoms with Crippen molar-refractivity contribution < 1.29 is 26.2 Å². The number of para-hydroxylation sites is 2. The fourth-order valence-electron chi connectivity index (χ4n) is 6.84. The molecule has 0 amide bonds. The first-order chi connectivity index (χ1) is 24.4. The maximum atomic E-state index is 11.7. The Kier molecular flexibility index (Phi) is 9.29. The predicted molar refractivity (Wildman–Crippen MR) is 204 cm³/mol. The van der Waals surface area contributed by atoms with Gasteiger partial charge < -0.3 is 5.11 Å². The van der Waals surface area contributed by atoms with Crippen molar-refractivity contribution in [3.63, 3.8) is 0 Å². The molecule has 0 saturated carbocycles. The average molecular weight is 842 g/mol. The van der Waals surface area contributed by atoms with Crippen molar-refractivity contribution in [1.82, 2.24) is 14.5 Å². The maximum absolute atomic E-state index is 11.7. The summed E-state index contributed by atoms with van der Waals surface area (Å²) in [5.41, 5.74) is 12.4. The zero-order chi connectivity index (χ0) is 34.2. The zero-order valence-corrected chi connectivity index (χ0v) is 30.9. The van der Waals surface area contributed by atoms with Crippen LogP contribution in [-0.2, 0) is 26.5 Å². The van der Waals surface area contributed by atoms with E-state index in [-0.39, 0.29) is 32.2 Å². The second kappa shape index (κ2) is 14.0. The Morgan fingerprint density at radius 1 is 0.627 bits per heavy atom. The quantitative estimate of drug-likeness (QED) is 0.163. The number of fused-ring (bicyclic) bond motifs is 1. The summed E-state index contributed by atoms with van der Waals surface area (Å²) in [7, 11) is 0. The van der Waals surface area contributed by atoms with Crippen molar-refractivity contribution >= 4 is 11.0 Å². The molecule has 0 spiro atoms. The smallest absolute Gasteiger partial charge is 0.148 e. The molecule has 252 valence electrons. The van der Waals surface area contributed by atoms with E-state index in [2.05, 4.69) is 141 Å². The van der Waals surface area contributed by atoms with Crippen LogP contribution in [0.15, 0.2) is 158 Å². The fraction of sp³-hybridized carbons (Fsp3) is 0.0870. The number of aromatic nitrogens is 3. The molecule has 0 bridgehead atoms. The summed E-state index contributed by atoms with van der Waals surface area (Å²) in [5.74, 6) is 0.859. The molecule has 0 aliphatic carbocycles. The van der Waals surface area contributed by atoms with Gasteiger partial charge in [0.05, 0.1) is 16.6 Å². The monoisotopic (exact) mass is 841 g/mol. The number of hydrogen-bond acceptors (Lipinski definition) is 3. The Morgan fingerprint density at radius 2 is 1.29 bits per heavy atom. The van der Waals surface area contributed by atoms with Crippen LogP contribution in [0.25, 0.3) is 61.6 Å². The van der Waals surface area contributed by atoms with Gasteiger partial charge in [0.2, 0.25) is 0 Å². The van der Waals surface area contributed by atoms with Gasteiger partial charge in [-0.05, 0) is 65.1 Å². The number of hydrogen-bond donors (Lipinski definition) is 1. The second-order valence-electron chi connectivity index (χ2n) is 13.2. The van der Waals surface area contributed by atoms with Gasteiger partial charge in [-0.3, -0.25) is 9.55 Å². The van der Waals surface area contributed by atoms with Gasteiger partial charge in [0.1, 0.15) is 11.6 Å². The van der Waals surface area contributed by atoms with Crippen LogP contribution in [0.2, 0.25) is 0 Å². The van der Waals surface area contributed by atoms with Gasteiger partial charge in [-0.15, -0.1) is 29.8 Å². The van der Waals surface area contributed by atoms with Gasteiger partial charge >= 0.3 is 0 Å². The third kappa shape index (κ3) is 6.33. The summed E-state index contributed by atoms with van der Waals surface area (Å²) in [6, 6.07) is 55.2. The number of phenolic OH excluding ortho intramolecular Hbond substituents is 1. The van der Waals surface area contributed by atoms with Crippen LogP contribution < -0.4 is 0 Å². The van der Waals surface area contributed by atoms with E-state index < -0.39 is 0 Å². The van der Waals surface area contributed by atoms with Gasteiger partial charge in [0.15, 0.2) is 0 Å². The van der Waals surface area contributed by atoms with E-state index in [0.29, 0.717) is 11.4 Å². The van der Waals surface area contributed by atoms with Crippen molar-refractivity contribution in [2.45, 2.75) is 26.2 Å². The molecule has 5 heteroatoms. The molecule has 1 N–H and O–H groups in total. The normalized spacial score (nSPS) is 11.4. The predicted octanol–water partition coefficient (Wildman–Crippen LogP) is 11.2. The van der Waals surface area contributed by atoms with Gasteiger partial charge in [0, 0.05) is 44.1 Å². The number of phenols is 1. The summed E-state index contributed by atoms with van der Waals surface area (Å²) in [6.45, 7) is 6.46. The van der Waals surface area contributed by atoms with E-state index in [9.17, 15) is 5.11 Å². The molecular formula is C46H36N3OPt-. The van der Waals surface area contributed by atoms with Gasteiger partial charge in [0.25, 0.3) is 0 Å². The Bertz CT molecular complexity index is 2470. The molecule has 0 unspecified atom stereocenters. The molecule has 0 aliphatic heterocycles. The van der Waals surface area contributed by atoms with Crippen molar-refractivity contribution in [3.8, 4) is 56.3 Å². The standard InChI is InChI=1S/C46H36N3O.Pt/c1-31-30-47-41(29-40(31)32-15-7-4-8-16-32)34-18-13-17-33(27-34)38-23-14-24-42-44(38)48-45(49(42)37-21-11-6-12-22-37)39-26-25-36(28-43(39)50)46(2,3)35-19-9-5-10-20-35;/h4-26,28-30,50H,1-3H3;/q-1;. The van der Waals surface area contributed by atoms with Crippen LogP contribution in [0.5, 0.6) is 5.75 Å². The molecule has 4 nitrogen and oxygen atoms in total. The number of pyridine rings is 1. The Morgan fingerprint density at radius 3 is 2.02 bits per heavy atom. The van der Waals surface area contributed by atoms with E-state index >= 15 is 0 Å². The third-order valence-electron chi connectivity index (χ3n) is 9.70. The number of aryl methyl sites for hydroxylation is 1. The minimum absolute atomic E-state index is 0. The number of benzene rings is 6. The molecule has 6 aromatic carbocycles.